The smallest absolute Gasteiger partial charge is 0.103 e. The first-order valence-corrected chi connectivity index (χ1v) is 8.34. The van der Waals surface area contributed by atoms with Gasteiger partial charge in [-0.3, -0.25) is 0 Å². The van der Waals surface area contributed by atoms with Crippen molar-refractivity contribution in [1.29, 1.82) is 0 Å². The largest absolute Gasteiger partial charge is 0.360 e. The van der Waals surface area contributed by atoms with E-state index in [2.05, 4.69) is 68.1 Å². The van der Waals surface area contributed by atoms with Crippen LogP contribution in [-0.2, 0) is 6.54 Å². The third kappa shape index (κ3) is 3.33. The third-order valence-corrected chi connectivity index (χ3v) is 4.88. The molecule has 0 amide bonds. The molecule has 2 nitrogen and oxygen atoms in total. The normalized spacial score (nSPS) is 16.0. The molecule has 22 heavy (non-hydrogen) atoms. The maximum Gasteiger partial charge on any atom is 0.103 e. The van der Waals surface area contributed by atoms with Crippen molar-refractivity contribution in [2.24, 2.45) is 0 Å². The van der Waals surface area contributed by atoms with E-state index in [-0.39, 0.29) is 0 Å². The summed E-state index contributed by atoms with van der Waals surface area (Å²) in [6.45, 7) is 12.6. The van der Waals surface area contributed by atoms with Crippen LogP contribution in [0, 0.1) is 20.8 Å². The van der Waals surface area contributed by atoms with E-state index < -0.39 is 0 Å². The second kappa shape index (κ2) is 6.53. The SMILES string of the molecule is Cc1ccc(C)c(N2CC[NH+](Cc3ccccc3C)CC2)c1. The second-order valence-electron chi connectivity index (χ2n) is 6.63. The summed E-state index contributed by atoms with van der Waals surface area (Å²) in [5.74, 6) is 0. The lowest BCUT2D eigenvalue weighted by Crippen LogP contribution is -3.13. The molecule has 3 rings (SSSR count). The first-order valence-electron chi connectivity index (χ1n) is 8.34. The Bertz CT molecular complexity index is 640. The fraction of sp³-hybridized carbons (Fsp3) is 0.400. The number of rotatable bonds is 3. The van der Waals surface area contributed by atoms with Crippen molar-refractivity contribution in [3.8, 4) is 0 Å². The molecule has 1 heterocycles. The minimum absolute atomic E-state index is 1.16. The average Bonchev–Trinajstić information content (AvgIpc) is 2.53. The Labute approximate surface area is 134 Å². The number of aryl methyl sites for hydroxylation is 3. The minimum Gasteiger partial charge on any atom is -0.360 e. The lowest BCUT2D eigenvalue weighted by atomic mass is 10.1. The Balaban J connectivity index is 1.63. The summed E-state index contributed by atoms with van der Waals surface area (Å²) in [4.78, 5) is 4.26. The van der Waals surface area contributed by atoms with E-state index in [1.807, 2.05) is 0 Å². The van der Waals surface area contributed by atoms with Gasteiger partial charge in [0.25, 0.3) is 0 Å². The molecule has 0 saturated carbocycles. The number of hydrogen-bond donors (Lipinski definition) is 1. The lowest BCUT2D eigenvalue weighted by molar-refractivity contribution is -0.914. The average molecular weight is 295 g/mol. The van der Waals surface area contributed by atoms with Crippen LogP contribution in [-0.4, -0.2) is 26.2 Å². The molecular weight excluding hydrogens is 268 g/mol. The molecule has 0 bridgehead atoms. The molecule has 2 aromatic carbocycles. The van der Waals surface area contributed by atoms with Gasteiger partial charge in [0.05, 0.1) is 26.2 Å². The van der Waals surface area contributed by atoms with Crippen LogP contribution in [0.3, 0.4) is 0 Å². The fourth-order valence-corrected chi connectivity index (χ4v) is 3.38. The summed E-state index contributed by atoms with van der Waals surface area (Å²) in [7, 11) is 0. The highest BCUT2D eigenvalue weighted by atomic mass is 15.3. The van der Waals surface area contributed by atoms with Crippen LogP contribution >= 0.6 is 0 Å². The highest BCUT2D eigenvalue weighted by molar-refractivity contribution is 5.55. The predicted molar refractivity (Wildman–Crippen MR) is 93.7 cm³/mol. The summed E-state index contributed by atoms with van der Waals surface area (Å²) in [6.07, 6.45) is 0. The quantitative estimate of drug-likeness (QED) is 0.914. The van der Waals surface area contributed by atoms with Crippen molar-refractivity contribution in [3.63, 3.8) is 0 Å². The van der Waals surface area contributed by atoms with E-state index in [9.17, 15) is 0 Å². The maximum atomic E-state index is 2.56. The summed E-state index contributed by atoms with van der Waals surface area (Å²) < 4.78 is 0. The molecule has 0 aromatic heterocycles. The van der Waals surface area contributed by atoms with Crippen LogP contribution in [0.5, 0.6) is 0 Å². The summed E-state index contributed by atoms with van der Waals surface area (Å²) >= 11 is 0. The molecule has 0 atom stereocenters. The van der Waals surface area contributed by atoms with Crippen LogP contribution < -0.4 is 9.80 Å². The van der Waals surface area contributed by atoms with Crippen molar-refractivity contribution in [2.45, 2.75) is 27.3 Å². The Morgan fingerprint density at radius 1 is 0.909 bits per heavy atom. The van der Waals surface area contributed by atoms with Gasteiger partial charge in [-0.05, 0) is 43.5 Å². The van der Waals surface area contributed by atoms with Crippen molar-refractivity contribution in [1.82, 2.24) is 0 Å². The highest BCUT2D eigenvalue weighted by Crippen LogP contribution is 2.21. The summed E-state index contributed by atoms with van der Waals surface area (Å²) in [6, 6.07) is 15.6. The van der Waals surface area contributed by atoms with Gasteiger partial charge in [0.2, 0.25) is 0 Å². The van der Waals surface area contributed by atoms with Gasteiger partial charge in [-0.25, -0.2) is 0 Å². The molecule has 1 N–H and O–H groups in total. The fourth-order valence-electron chi connectivity index (χ4n) is 3.38. The van der Waals surface area contributed by atoms with Gasteiger partial charge in [0, 0.05) is 11.3 Å². The Kier molecular flexibility index (Phi) is 4.49. The van der Waals surface area contributed by atoms with Crippen LogP contribution in [0.25, 0.3) is 0 Å². The zero-order valence-electron chi connectivity index (χ0n) is 14.0. The standard InChI is InChI=1S/C20H26N2/c1-16-8-9-18(3)20(14-16)22-12-10-21(11-13-22)15-19-7-5-4-6-17(19)2/h4-9,14H,10-13,15H2,1-3H3/p+1. The number of hydrogen-bond acceptors (Lipinski definition) is 1. The number of quaternary nitrogens is 1. The van der Waals surface area contributed by atoms with Gasteiger partial charge in [-0.2, -0.15) is 0 Å². The molecule has 116 valence electrons. The van der Waals surface area contributed by atoms with Crippen molar-refractivity contribution >= 4 is 5.69 Å². The number of piperazine rings is 1. The van der Waals surface area contributed by atoms with Crippen molar-refractivity contribution < 1.29 is 4.90 Å². The van der Waals surface area contributed by atoms with Crippen molar-refractivity contribution in [2.75, 3.05) is 31.1 Å². The number of benzene rings is 2. The molecule has 0 spiro atoms. The Morgan fingerprint density at radius 3 is 2.36 bits per heavy atom. The molecule has 2 heteroatoms. The van der Waals surface area contributed by atoms with E-state index >= 15 is 0 Å². The first kappa shape index (κ1) is 15.1. The van der Waals surface area contributed by atoms with Gasteiger partial charge in [-0.1, -0.05) is 36.4 Å². The number of nitrogens with zero attached hydrogens (tertiary/aromatic N) is 1. The molecule has 1 aliphatic heterocycles. The zero-order valence-corrected chi connectivity index (χ0v) is 14.0. The molecule has 0 radical (unpaired) electrons. The molecule has 1 fully saturated rings. The maximum absolute atomic E-state index is 2.56. The molecule has 0 aliphatic carbocycles. The second-order valence-corrected chi connectivity index (χ2v) is 6.63. The van der Waals surface area contributed by atoms with E-state index in [1.165, 1.54) is 41.0 Å². The summed E-state index contributed by atoms with van der Waals surface area (Å²) in [5.41, 5.74) is 7.10. The topological polar surface area (TPSA) is 7.68 Å². The summed E-state index contributed by atoms with van der Waals surface area (Å²) in [5, 5.41) is 0. The molecule has 2 aromatic rings. The Morgan fingerprint density at radius 2 is 1.64 bits per heavy atom. The van der Waals surface area contributed by atoms with Crippen LogP contribution in [0.2, 0.25) is 0 Å². The van der Waals surface area contributed by atoms with Crippen LogP contribution in [0.15, 0.2) is 42.5 Å². The third-order valence-electron chi connectivity index (χ3n) is 4.88. The molecule has 1 saturated heterocycles. The van der Waals surface area contributed by atoms with Gasteiger partial charge >= 0.3 is 0 Å². The van der Waals surface area contributed by atoms with E-state index in [4.69, 9.17) is 0 Å². The highest BCUT2D eigenvalue weighted by Gasteiger charge is 2.21. The van der Waals surface area contributed by atoms with Crippen LogP contribution in [0.4, 0.5) is 5.69 Å². The first-order chi connectivity index (χ1) is 10.6. The van der Waals surface area contributed by atoms with E-state index in [0.29, 0.717) is 0 Å². The van der Waals surface area contributed by atoms with E-state index in [1.54, 1.807) is 4.90 Å². The monoisotopic (exact) mass is 295 g/mol. The lowest BCUT2D eigenvalue weighted by Gasteiger charge is -2.34. The molecule has 1 aliphatic rings. The predicted octanol–water partition coefficient (Wildman–Crippen LogP) is 2.52. The number of anilines is 1. The van der Waals surface area contributed by atoms with Gasteiger partial charge in [-0.15, -0.1) is 0 Å². The minimum atomic E-state index is 1.16. The van der Waals surface area contributed by atoms with Crippen molar-refractivity contribution in [3.05, 3.63) is 64.7 Å². The zero-order chi connectivity index (χ0) is 15.5. The van der Waals surface area contributed by atoms with Gasteiger partial charge in [0.15, 0.2) is 0 Å². The van der Waals surface area contributed by atoms with Crippen LogP contribution in [0.1, 0.15) is 22.3 Å². The Hall–Kier alpha value is -1.80. The molecular formula is C20H27N2+. The van der Waals surface area contributed by atoms with Gasteiger partial charge in [0.1, 0.15) is 6.54 Å². The van der Waals surface area contributed by atoms with Gasteiger partial charge < -0.3 is 9.80 Å². The van der Waals surface area contributed by atoms with E-state index in [0.717, 1.165) is 19.6 Å². The number of nitrogens with one attached hydrogen (secondary N) is 1. The molecule has 0 unspecified atom stereocenters.